The van der Waals surface area contributed by atoms with Gasteiger partial charge in [0.05, 0.1) is 31.0 Å². The molecule has 0 radical (unpaired) electrons. The second kappa shape index (κ2) is 12.5. The summed E-state index contributed by atoms with van der Waals surface area (Å²) in [7, 11) is 2.39. The van der Waals surface area contributed by atoms with Crippen LogP contribution in [0.3, 0.4) is 0 Å². The minimum absolute atomic E-state index is 0.0120. The van der Waals surface area contributed by atoms with Gasteiger partial charge in [-0.3, -0.25) is 14.6 Å². The maximum atomic E-state index is 13.2. The molecular formula is C30H36N6O7S. The summed E-state index contributed by atoms with van der Waals surface area (Å²) < 4.78 is 32.4. The predicted octanol–water partition coefficient (Wildman–Crippen LogP) is 4.01. The standard InChI is InChI=1S/C30H36N6O7S/c1-17-9-10-18(25(37)31-16-30(5,6)28-33-32-24-15-23(29(2,3)4)34-36(24)28)14-22(17)35-44(40)43-21-12-19(26(38)41-7)11-20(13-21)27(39)42-8/h9-15,34-35H,16H2,1-8H3,(H,31,37). The number of carbonyl (C=O) groups excluding carboxylic acids is 3. The molecule has 1 atom stereocenters. The second-order valence-electron chi connectivity index (χ2n) is 11.9. The van der Waals surface area contributed by atoms with Gasteiger partial charge in [-0.15, -0.1) is 10.2 Å². The normalized spacial score (nSPS) is 12.5. The van der Waals surface area contributed by atoms with Gasteiger partial charge in [0.2, 0.25) is 0 Å². The van der Waals surface area contributed by atoms with Crippen LogP contribution in [0.25, 0.3) is 5.65 Å². The third-order valence-corrected chi connectivity index (χ3v) is 7.64. The maximum absolute atomic E-state index is 13.2. The molecule has 0 aliphatic carbocycles. The molecule has 1 amide bonds. The number of aryl methyl sites for hydroxylation is 1. The van der Waals surface area contributed by atoms with Crippen molar-refractivity contribution in [3.8, 4) is 5.75 Å². The average molecular weight is 625 g/mol. The van der Waals surface area contributed by atoms with Gasteiger partial charge in [0.15, 0.2) is 11.5 Å². The number of carbonyl (C=O) groups is 3. The van der Waals surface area contributed by atoms with Gasteiger partial charge in [-0.05, 0) is 42.8 Å². The highest BCUT2D eigenvalue weighted by Crippen LogP contribution is 2.26. The molecule has 2 aromatic heterocycles. The smallest absolute Gasteiger partial charge is 0.338 e. The highest BCUT2D eigenvalue weighted by atomic mass is 32.2. The van der Waals surface area contributed by atoms with Crippen LogP contribution in [-0.4, -0.2) is 62.6 Å². The Morgan fingerprint density at radius 1 is 0.909 bits per heavy atom. The van der Waals surface area contributed by atoms with Gasteiger partial charge < -0.3 is 19.0 Å². The Labute approximate surface area is 257 Å². The Morgan fingerprint density at radius 2 is 1.55 bits per heavy atom. The number of H-pyrrole nitrogens is 1. The molecule has 2 aromatic carbocycles. The zero-order valence-corrected chi connectivity index (χ0v) is 26.7. The predicted molar refractivity (Wildman–Crippen MR) is 164 cm³/mol. The summed E-state index contributed by atoms with van der Waals surface area (Å²) in [5.41, 5.74) is 2.48. The monoisotopic (exact) mass is 624 g/mol. The van der Waals surface area contributed by atoms with E-state index in [0.717, 1.165) is 5.69 Å². The molecule has 0 aliphatic heterocycles. The molecule has 4 aromatic rings. The van der Waals surface area contributed by atoms with Gasteiger partial charge in [0, 0.05) is 34.7 Å². The van der Waals surface area contributed by atoms with E-state index in [-0.39, 0.29) is 34.7 Å². The van der Waals surface area contributed by atoms with Crippen molar-refractivity contribution in [3.05, 3.63) is 76.2 Å². The van der Waals surface area contributed by atoms with E-state index in [2.05, 4.69) is 46.1 Å². The number of aromatic nitrogens is 4. The minimum Gasteiger partial charge on any atom is -0.465 e. The van der Waals surface area contributed by atoms with Gasteiger partial charge in [-0.1, -0.05) is 40.7 Å². The van der Waals surface area contributed by atoms with Crippen molar-refractivity contribution in [2.24, 2.45) is 0 Å². The summed E-state index contributed by atoms with van der Waals surface area (Å²) in [4.78, 5) is 37.3. The van der Waals surface area contributed by atoms with Crippen LogP contribution in [-0.2, 0) is 31.6 Å². The van der Waals surface area contributed by atoms with E-state index in [1.54, 1.807) is 25.1 Å². The van der Waals surface area contributed by atoms with E-state index in [1.807, 2.05) is 24.4 Å². The van der Waals surface area contributed by atoms with E-state index in [0.29, 0.717) is 28.3 Å². The third-order valence-electron chi connectivity index (χ3n) is 6.91. The SMILES string of the molecule is COC(=O)c1cc(OS(=O)Nc2cc(C(=O)NCC(C)(C)c3nnc4cc(C(C)(C)C)[nH]n34)ccc2C)cc(C(=O)OC)c1. The molecule has 14 heteroatoms. The molecule has 0 saturated carbocycles. The van der Waals surface area contributed by atoms with Crippen LogP contribution in [0.4, 0.5) is 5.69 Å². The Kier molecular flexibility index (Phi) is 9.14. The molecule has 0 fully saturated rings. The molecule has 44 heavy (non-hydrogen) atoms. The minimum atomic E-state index is -2.16. The van der Waals surface area contributed by atoms with Crippen molar-refractivity contribution in [2.45, 2.75) is 52.4 Å². The zero-order valence-electron chi connectivity index (χ0n) is 25.9. The van der Waals surface area contributed by atoms with Gasteiger partial charge in [0.1, 0.15) is 5.75 Å². The number of anilines is 1. The van der Waals surface area contributed by atoms with E-state index in [4.69, 9.17) is 13.7 Å². The van der Waals surface area contributed by atoms with Crippen molar-refractivity contribution in [2.75, 3.05) is 25.5 Å². The lowest BCUT2D eigenvalue weighted by Crippen LogP contribution is -2.38. The molecule has 2 heterocycles. The second-order valence-corrected chi connectivity index (χ2v) is 12.7. The topological polar surface area (TPSA) is 166 Å². The Hall–Kier alpha value is -4.72. The summed E-state index contributed by atoms with van der Waals surface area (Å²) >= 11 is -2.16. The largest absolute Gasteiger partial charge is 0.465 e. The lowest BCUT2D eigenvalue weighted by Gasteiger charge is -2.23. The van der Waals surface area contributed by atoms with Crippen LogP contribution in [0.1, 0.15) is 82.8 Å². The first kappa shape index (κ1) is 32.2. The fourth-order valence-electron chi connectivity index (χ4n) is 4.28. The Morgan fingerprint density at radius 3 is 2.14 bits per heavy atom. The molecule has 0 aliphatic rings. The first-order valence-electron chi connectivity index (χ1n) is 13.7. The lowest BCUT2D eigenvalue weighted by atomic mass is 9.92. The summed E-state index contributed by atoms with van der Waals surface area (Å²) in [5.74, 6) is -1.13. The number of amides is 1. The highest BCUT2D eigenvalue weighted by Gasteiger charge is 2.30. The molecule has 4 rings (SSSR count). The summed E-state index contributed by atoms with van der Waals surface area (Å²) in [6.45, 7) is 12.3. The molecule has 234 valence electrons. The number of esters is 2. The molecule has 1 unspecified atom stereocenters. The van der Waals surface area contributed by atoms with E-state index in [9.17, 15) is 18.6 Å². The van der Waals surface area contributed by atoms with E-state index >= 15 is 0 Å². The lowest BCUT2D eigenvalue weighted by molar-refractivity contribution is 0.0598. The van der Waals surface area contributed by atoms with Crippen LogP contribution >= 0.6 is 0 Å². The number of aromatic amines is 1. The van der Waals surface area contributed by atoms with Crippen molar-refractivity contribution >= 4 is 40.4 Å². The number of benzene rings is 2. The van der Waals surface area contributed by atoms with Crippen LogP contribution in [0.2, 0.25) is 0 Å². The van der Waals surface area contributed by atoms with Crippen LogP contribution in [0.15, 0.2) is 42.5 Å². The van der Waals surface area contributed by atoms with E-state index in [1.165, 1.54) is 32.4 Å². The summed E-state index contributed by atoms with van der Waals surface area (Å²) in [6, 6.07) is 10.7. The fraction of sp³-hybridized carbons (Fsp3) is 0.367. The summed E-state index contributed by atoms with van der Waals surface area (Å²) in [5, 5.41) is 15.0. The van der Waals surface area contributed by atoms with Crippen molar-refractivity contribution < 1.29 is 32.2 Å². The Balaban J connectivity index is 1.46. The number of methoxy groups -OCH3 is 2. The fourth-order valence-corrected chi connectivity index (χ4v) is 4.99. The molecule has 0 spiro atoms. The van der Waals surface area contributed by atoms with Gasteiger partial charge in [-0.25, -0.2) is 14.1 Å². The molecule has 0 bridgehead atoms. The van der Waals surface area contributed by atoms with E-state index < -0.39 is 28.6 Å². The number of rotatable bonds is 10. The van der Waals surface area contributed by atoms with Crippen LogP contribution in [0.5, 0.6) is 5.75 Å². The van der Waals surface area contributed by atoms with Gasteiger partial charge in [-0.2, -0.15) is 4.21 Å². The van der Waals surface area contributed by atoms with Crippen molar-refractivity contribution in [3.63, 3.8) is 0 Å². The summed E-state index contributed by atoms with van der Waals surface area (Å²) in [6.07, 6.45) is 0. The maximum Gasteiger partial charge on any atom is 0.338 e. The molecule has 3 N–H and O–H groups in total. The number of ether oxygens (including phenoxy) is 2. The molecule has 0 saturated heterocycles. The number of hydrogen-bond donors (Lipinski definition) is 3. The zero-order chi connectivity index (χ0) is 32.4. The quantitative estimate of drug-likeness (QED) is 0.221. The third kappa shape index (κ3) is 7.08. The number of fused-ring (bicyclic) bond motifs is 1. The average Bonchev–Trinajstić information content (AvgIpc) is 3.58. The van der Waals surface area contributed by atoms with Crippen molar-refractivity contribution in [1.29, 1.82) is 0 Å². The first-order valence-corrected chi connectivity index (χ1v) is 14.7. The highest BCUT2D eigenvalue weighted by molar-refractivity contribution is 7.82. The van der Waals surface area contributed by atoms with Crippen LogP contribution in [0, 0.1) is 6.92 Å². The van der Waals surface area contributed by atoms with Crippen molar-refractivity contribution in [1.82, 2.24) is 25.1 Å². The Bertz CT molecular complexity index is 1720. The molecular weight excluding hydrogens is 588 g/mol. The number of nitrogens with zero attached hydrogens (tertiary/aromatic N) is 3. The first-order chi connectivity index (χ1) is 20.6. The van der Waals surface area contributed by atoms with Gasteiger partial charge >= 0.3 is 23.2 Å². The molecule has 13 nitrogen and oxygen atoms in total. The number of nitrogens with one attached hydrogen (secondary N) is 3. The number of hydrogen-bond acceptors (Lipinski definition) is 9. The van der Waals surface area contributed by atoms with Gasteiger partial charge in [0.25, 0.3) is 5.91 Å². The van der Waals surface area contributed by atoms with Crippen LogP contribution < -0.4 is 14.2 Å².